The van der Waals surface area contributed by atoms with Crippen LogP contribution in [-0.4, -0.2) is 72.9 Å². The lowest BCUT2D eigenvalue weighted by molar-refractivity contribution is 0.121. The number of benzene rings is 1. The highest BCUT2D eigenvalue weighted by Crippen LogP contribution is 2.37. The van der Waals surface area contributed by atoms with E-state index in [1.54, 1.807) is 31.5 Å². The summed E-state index contributed by atoms with van der Waals surface area (Å²) < 4.78 is 83.5. The molecule has 0 saturated heterocycles. The van der Waals surface area contributed by atoms with E-state index in [-0.39, 0.29) is 11.9 Å². The highest BCUT2D eigenvalue weighted by Gasteiger charge is 2.31. The van der Waals surface area contributed by atoms with Crippen molar-refractivity contribution in [1.29, 1.82) is 0 Å². The zero-order chi connectivity index (χ0) is 32.0. The Morgan fingerprint density at radius 3 is 2.47 bits per heavy atom. The van der Waals surface area contributed by atoms with Crippen LogP contribution in [0.2, 0.25) is 0 Å². The van der Waals surface area contributed by atoms with Crippen LogP contribution in [0.25, 0.3) is 11.3 Å². The molecule has 5 rings (SSSR count). The summed E-state index contributed by atoms with van der Waals surface area (Å²) >= 11 is 0. The Kier molecular flexibility index (Phi) is 10.8. The molecule has 2 aromatic heterocycles. The second-order valence-electron chi connectivity index (χ2n) is 11.6. The largest absolute Gasteiger partial charge is 0.435 e. The Bertz CT molecular complexity index is 1570. The van der Waals surface area contributed by atoms with Gasteiger partial charge in [-0.1, -0.05) is 19.3 Å². The van der Waals surface area contributed by atoms with E-state index in [1.807, 2.05) is 4.72 Å². The number of anilines is 2. The van der Waals surface area contributed by atoms with Gasteiger partial charge in [0.25, 0.3) is 0 Å². The number of rotatable bonds is 12. The number of likely N-dealkylation sites (N-methyl/N-ethyl adjacent to an activating group) is 1. The number of hydrogen-bond donors (Lipinski definition) is 2. The maximum absolute atomic E-state index is 15.2. The molecule has 0 amide bonds. The molecular formula is C31H39F3N6O4S. The van der Waals surface area contributed by atoms with Gasteiger partial charge < -0.3 is 19.7 Å². The van der Waals surface area contributed by atoms with Gasteiger partial charge in [0.1, 0.15) is 5.69 Å². The monoisotopic (exact) mass is 648 g/mol. The molecule has 2 saturated carbocycles. The Labute approximate surface area is 261 Å². The lowest BCUT2D eigenvalue weighted by atomic mass is 9.90. The third-order valence-electron chi connectivity index (χ3n) is 8.57. The molecule has 2 aliphatic carbocycles. The van der Waals surface area contributed by atoms with Crippen molar-refractivity contribution in [3.8, 4) is 22.9 Å². The summed E-state index contributed by atoms with van der Waals surface area (Å²) in [6, 6.07) is 6.16. The molecule has 14 heteroatoms. The molecule has 2 fully saturated rings. The van der Waals surface area contributed by atoms with Crippen molar-refractivity contribution in [2.24, 2.45) is 0 Å². The van der Waals surface area contributed by atoms with Crippen molar-refractivity contribution >= 4 is 21.7 Å². The molecule has 10 nitrogen and oxygen atoms in total. The van der Waals surface area contributed by atoms with Crippen molar-refractivity contribution in [1.82, 2.24) is 19.9 Å². The van der Waals surface area contributed by atoms with Crippen LogP contribution in [0.5, 0.6) is 11.6 Å². The first kappa shape index (κ1) is 32.9. The van der Waals surface area contributed by atoms with Crippen LogP contribution in [0.1, 0.15) is 57.8 Å². The van der Waals surface area contributed by atoms with Gasteiger partial charge >= 0.3 is 0 Å². The Hall–Kier alpha value is -3.49. The average Bonchev–Trinajstić information content (AvgIpc) is 3.05. The summed E-state index contributed by atoms with van der Waals surface area (Å²) in [5, 5.41) is 2.60. The molecule has 2 aliphatic rings. The van der Waals surface area contributed by atoms with Crippen LogP contribution in [0, 0.1) is 17.5 Å². The minimum Gasteiger partial charge on any atom is -0.435 e. The van der Waals surface area contributed by atoms with E-state index < -0.39 is 44.2 Å². The predicted molar refractivity (Wildman–Crippen MR) is 165 cm³/mol. The third kappa shape index (κ3) is 8.03. The number of halogens is 3. The average molecular weight is 649 g/mol. The quantitative estimate of drug-likeness (QED) is 0.224. The number of sulfonamides is 1. The number of ether oxygens (including phenoxy) is 2. The Balaban J connectivity index is 1.30. The van der Waals surface area contributed by atoms with E-state index >= 15 is 13.2 Å². The van der Waals surface area contributed by atoms with Gasteiger partial charge in [0.05, 0.1) is 23.1 Å². The van der Waals surface area contributed by atoms with E-state index in [0.29, 0.717) is 61.6 Å². The molecule has 0 radical (unpaired) electrons. The molecule has 1 aromatic carbocycles. The zero-order valence-electron chi connectivity index (χ0n) is 25.4. The van der Waals surface area contributed by atoms with E-state index in [0.717, 1.165) is 38.6 Å². The summed E-state index contributed by atoms with van der Waals surface area (Å²) in [6.07, 6.45) is 9.93. The number of hydrogen-bond acceptors (Lipinski definition) is 9. The van der Waals surface area contributed by atoms with Gasteiger partial charge in [-0.25, -0.2) is 32.2 Å². The fourth-order valence-electron chi connectivity index (χ4n) is 5.95. The summed E-state index contributed by atoms with van der Waals surface area (Å²) in [5.41, 5.74) is -0.329. The highest BCUT2D eigenvalue weighted by molar-refractivity contribution is 7.93. The topological polar surface area (TPSA) is 119 Å². The lowest BCUT2D eigenvalue weighted by Crippen LogP contribution is -2.39. The summed E-state index contributed by atoms with van der Waals surface area (Å²) in [6.45, 7) is 1.57. The smallest absolute Gasteiger partial charge is 0.235 e. The fraction of sp³-hybridized carbons (Fsp3) is 0.516. The van der Waals surface area contributed by atoms with Gasteiger partial charge in [-0.3, -0.25) is 4.72 Å². The standard InChI is InChI=1S/C31H39F3N6O4S/c1-40(17-18-43-2)21-12-10-20(11-13-21)37-31-36-16-14-25(38-31)23-9-6-15-35-30(23)44-26-19-24(32)29(28(34)27(26)33)39-45(41,42)22-7-4-3-5-8-22/h6,9,14-16,19-22,39H,3-5,7-8,10-13,17-18H2,1-2H3,(H,36,37,38). The number of nitrogens with zero attached hydrogens (tertiary/aromatic N) is 4. The molecule has 0 atom stereocenters. The molecular weight excluding hydrogens is 609 g/mol. The molecule has 3 aromatic rings. The maximum atomic E-state index is 15.2. The molecule has 2 N–H and O–H groups in total. The minimum absolute atomic E-state index is 0.144. The van der Waals surface area contributed by atoms with Crippen molar-refractivity contribution in [3.63, 3.8) is 0 Å². The van der Waals surface area contributed by atoms with Crippen molar-refractivity contribution in [2.75, 3.05) is 37.3 Å². The first-order valence-corrected chi connectivity index (χ1v) is 16.8. The number of aromatic nitrogens is 3. The summed E-state index contributed by atoms with van der Waals surface area (Å²) in [4.78, 5) is 15.4. The highest BCUT2D eigenvalue weighted by atomic mass is 32.2. The van der Waals surface area contributed by atoms with Crippen LogP contribution in [-0.2, 0) is 14.8 Å². The molecule has 45 heavy (non-hydrogen) atoms. The number of methoxy groups -OCH3 is 1. The molecule has 0 unspecified atom stereocenters. The van der Waals surface area contributed by atoms with Crippen LogP contribution >= 0.6 is 0 Å². The van der Waals surface area contributed by atoms with E-state index in [9.17, 15) is 8.42 Å². The van der Waals surface area contributed by atoms with E-state index in [1.165, 1.54) is 6.20 Å². The van der Waals surface area contributed by atoms with Gasteiger partial charge in [0, 0.05) is 44.2 Å². The molecule has 2 heterocycles. The van der Waals surface area contributed by atoms with Crippen LogP contribution in [0.3, 0.4) is 0 Å². The SMILES string of the molecule is COCCN(C)C1CCC(Nc2nccc(-c3cccnc3Oc3cc(F)c(NS(=O)(=O)C4CCCCC4)c(F)c3F)n2)CC1. The first-order chi connectivity index (χ1) is 21.7. The molecule has 0 bridgehead atoms. The summed E-state index contributed by atoms with van der Waals surface area (Å²) in [5.74, 6) is -5.09. The molecule has 0 spiro atoms. The Morgan fingerprint density at radius 2 is 1.73 bits per heavy atom. The maximum Gasteiger partial charge on any atom is 0.235 e. The fourth-order valence-corrected chi connectivity index (χ4v) is 7.55. The molecule has 244 valence electrons. The van der Waals surface area contributed by atoms with Crippen molar-refractivity contribution in [2.45, 2.75) is 75.1 Å². The van der Waals surface area contributed by atoms with Gasteiger partial charge in [0.2, 0.25) is 27.7 Å². The van der Waals surface area contributed by atoms with Crippen LogP contribution in [0.4, 0.5) is 24.8 Å². The Morgan fingerprint density at radius 1 is 0.978 bits per heavy atom. The normalized spacial score (nSPS) is 19.4. The predicted octanol–water partition coefficient (Wildman–Crippen LogP) is 6.12. The van der Waals surface area contributed by atoms with Gasteiger partial charge in [-0.05, 0) is 63.8 Å². The first-order valence-electron chi connectivity index (χ1n) is 15.3. The zero-order valence-corrected chi connectivity index (χ0v) is 26.3. The van der Waals surface area contributed by atoms with E-state index in [4.69, 9.17) is 9.47 Å². The third-order valence-corrected chi connectivity index (χ3v) is 10.4. The van der Waals surface area contributed by atoms with Gasteiger partial charge in [-0.2, -0.15) is 4.39 Å². The number of nitrogens with one attached hydrogen (secondary N) is 2. The van der Waals surface area contributed by atoms with Gasteiger partial charge in [0.15, 0.2) is 17.4 Å². The second-order valence-corrected chi connectivity index (χ2v) is 13.6. The lowest BCUT2D eigenvalue weighted by Gasteiger charge is -2.34. The van der Waals surface area contributed by atoms with Gasteiger partial charge in [-0.15, -0.1) is 0 Å². The van der Waals surface area contributed by atoms with Crippen LogP contribution < -0.4 is 14.8 Å². The van der Waals surface area contributed by atoms with E-state index in [2.05, 4.69) is 32.2 Å². The second kappa shape index (κ2) is 14.7. The minimum atomic E-state index is -4.11. The summed E-state index contributed by atoms with van der Waals surface area (Å²) in [7, 11) is -0.304. The van der Waals surface area contributed by atoms with Crippen molar-refractivity contribution in [3.05, 3.63) is 54.1 Å². The molecule has 0 aliphatic heterocycles. The van der Waals surface area contributed by atoms with Crippen LogP contribution in [0.15, 0.2) is 36.7 Å². The number of pyridine rings is 1. The van der Waals surface area contributed by atoms with Crippen molar-refractivity contribution < 1.29 is 31.1 Å².